The maximum Gasteiger partial charge on any atom is 0.193 e. The van der Waals surface area contributed by atoms with Crippen molar-refractivity contribution in [2.24, 2.45) is 12.0 Å². The zero-order valence-corrected chi connectivity index (χ0v) is 16.0. The molecule has 1 heterocycles. The maximum atomic E-state index is 4.43. The summed E-state index contributed by atoms with van der Waals surface area (Å²) in [5.41, 5.74) is 2.79. The van der Waals surface area contributed by atoms with Crippen LogP contribution in [0.15, 0.2) is 46.1 Å². The van der Waals surface area contributed by atoms with Crippen LogP contribution in [0.4, 0.5) is 0 Å². The molecular formula is C18H24BrN5. The molecular weight excluding hydrogens is 366 g/mol. The molecule has 0 bridgehead atoms. The van der Waals surface area contributed by atoms with Gasteiger partial charge in [-0.1, -0.05) is 34.1 Å². The highest BCUT2D eigenvalue weighted by Gasteiger charge is 2.45. The topological polar surface area (TPSA) is 45.5 Å². The third kappa shape index (κ3) is 3.64. The first-order valence-electron chi connectivity index (χ1n) is 8.18. The highest BCUT2D eigenvalue weighted by molar-refractivity contribution is 9.10. The molecule has 1 aromatic heterocycles. The summed E-state index contributed by atoms with van der Waals surface area (Å²) in [5.74, 6) is 0.914. The van der Waals surface area contributed by atoms with Gasteiger partial charge in [0.25, 0.3) is 0 Å². The lowest BCUT2D eigenvalue weighted by Crippen LogP contribution is -2.42. The minimum Gasteiger partial charge on any atom is -0.355 e. The summed E-state index contributed by atoms with van der Waals surface area (Å²) in [5, 5.41) is 7.78. The Balaban J connectivity index is 1.63. The normalized spacial score (nSPS) is 16.1. The molecule has 1 N–H and O–H groups in total. The van der Waals surface area contributed by atoms with Crippen LogP contribution >= 0.6 is 15.9 Å². The van der Waals surface area contributed by atoms with Gasteiger partial charge < -0.3 is 10.2 Å². The highest BCUT2D eigenvalue weighted by Crippen LogP contribution is 2.49. The summed E-state index contributed by atoms with van der Waals surface area (Å²) in [7, 11) is 5.82. The monoisotopic (exact) mass is 389 g/mol. The van der Waals surface area contributed by atoms with Gasteiger partial charge >= 0.3 is 0 Å². The minimum absolute atomic E-state index is 0.227. The second-order valence-electron chi connectivity index (χ2n) is 6.54. The van der Waals surface area contributed by atoms with Crippen LogP contribution in [-0.2, 0) is 19.0 Å². The van der Waals surface area contributed by atoms with Gasteiger partial charge in [0, 0.05) is 55.9 Å². The van der Waals surface area contributed by atoms with Crippen molar-refractivity contribution in [3.05, 3.63) is 52.3 Å². The fourth-order valence-electron chi connectivity index (χ4n) is 3.12. The van der Waals surface area contributed by atoms with Crippen molar-refractivity contribution in [2.45, 2.75) is 24.8 Å². The molecule has 0 spiro atoms. The molecule has 0 amide bonds. The molecule has 0 aliphatic heterocycles. The van der Waals surface area contributed by atoms with E-state index in [0.717, 1.165) is 19.0 Å². The van der Waals surface area contributed by atoms with Gasteiger partial charge in [-0.3, -0.25) is 9.67 Å². The number of hydrogen-bond donors (Lipinski definition) is 1. The first-order chi connectivity index (χ1) is 11.5. The smallest absolute Gasteiger partial charge is 0.193 e. The fourth-order valence-corrected chi connectivity index (χ4v) is 3.82. The summed E-state index contributed by atoms with van der Waals surface area (Å²) >= 11 is 3.69. The number of aliphatic imine (C=N–C) groups is 1. The Morgan fingerprint density at radius 2 is 2.17 bits per heavy atom. The summed E-state index contributed by atoms with van der Waals surface area (Å²) in [6, 6.07) is 8.53. The van der Waals surface area contributed by atoms with E-state index < -0.39 is 0 Å². The van der Waals surface area contributed by atoms with Gasteiger partial charge in [-0.2, -0.15) is 5.10 Å². The van der Waals surface area contributed by atoms with E-state index in [-0.39, 0.29) is 5.41 Å². The molecule has 1 aliphatic carbocycles. The predicted octanol–water partition coefficient (Wildman–Crippen LogP) is 2.92. The van der Waals surface area contributed by atoms with Gasteiger partial charge in [-0.05, 0) is 24.5 Å². The maximum absolute atomic E-state index is 4.43. The SMILES string of the molecule is CN=C(NCC1(c2ccccc2Br)CC1)N(C)Cc1cnn(C)c1. The molecule has 1 fully saturated rings. The van der Waals surface area contributed by atoms with E-state index in [2.05, 4.69) is 67.6 Å². The van der Waals surface area contributed by atoms with E-state index in [1.54, 1.807) is 0 Å². The van der Waals surface area contributed by atoms with Gasteiger partial charge in [0.15, 0.2) is 5.96 Å². The Labute approximate surface area is 151 Å². The van der Waals surface area contributed by atoms with Crippen molar-refractivity contribution in [1.82, 2.24) is 20.0 Å². The number of nitrogens with zero attached hydrogens (tertiary/aromatic N) is 4. The van der Waals surface area contributed by atoms with E-state index in [0.29, 0.717) is 0 Å². The number of halogens is 1. The zero-order chi connectivity index (χ0) is 17.2. The largest absolute Gasteiger partial charge is 0.355 e. The predicted molar refractivity (Wildman–Crippen MR) is 101 cm³/mol. The Hall–Kier alpha value is -1.82. The molecule has 0 atom stereocenters. The minimum atomic E-state index is 0.227. The molecule has 0 saturated heterocycles. The summed E-state index contributed by atoms with van der Waals surface area (Å²) < 4.78 is 3.02. The molecule has 3 rings (SSSR count). The Morgan fingerprint density at radius 3 is 2.75 bits per heavy atom. The molecule has 128 valence electrons. The van der Waals surface area contributed by atoms with Crippen molar-refractivity contribution in [3.8, 4) is 0 Å². The van der Waals surface area contributed by atoms with Crippen LogP contribution in [-0.4, -0.2) is 41.3 Å². The zero-order valence-electron chi connectivity index (χ0n) is 14.5. The molecule has 0 radical (unpaired) electrons. The van der Waals surface area contributed by atoms with Crippen LogP contribution in [0.3, 0.4) is 0 Å². The Kier molecular flexibility index (Phi) is 4.94. The number of hydrogen-bond acceptors (Lipinski definition) is 2. The first kappa shape index (κ1) is 17.0. The van der Waals surface area contributed by atoms with Crippen molar-refractivity contribution in [1.29, 1.82) is 0 Å². The first-order valence-corrected chi connectivity index (χ1v) is 8.98. The van der Waals surface area contributed by atoms with Gasteiger partial charge in [-0.25, -0.2) is 0 Å². The van der Waals surface area contributed by atoms with Gasteiger partial charge in [0.1, 0.15) is 0 Å². The van der Waals surface area contributed by atoms with Crippen LogP contribution in [0, 0.1) is 0 Å². The molecule has 6 heteroatoms. The van der Waals surface area contributed by atoms with Crippen LogP contribution < -0.4 is 5.32 Å². The lowest BCUT2D eigenvalue weighted by atomic mass is 9.96. The number of benzene rings is 1. The van der Waals surface area contributed by atoms with Gasteiger partial charge in [-0.15, -0.1) is 0 Å². The van der Waals surface area contributed by atoms with Gasteiger partial charge in [0.2, 0.25) is 0 Å². The number of aryl methyl sites for hydroxylation is 1. The lowest BCUT2D eigenvalue weighted by molar-refractivity contribution is 0.469. The quantitative estimate of drug-likeness (QED) is 0.631. The van der Waals surface area contributed by atoms with E-state index >= 15 is 0 Å². The Morgan fingerprint density at radius 1 is 1.42 bits per heavy atom. The molecule has 1 aliphatic rings. The molecule has 2 aromatic rings. The van der Waals surface area contributed by atoms with Crippen molar-refractivity contribution in [2.75, 3.05) is 20.6 Å². The number of rotatable bonds is 5. The molecule has 0 unspecified atom stereocenters. The third-order valence-corrected chi connectivity index (χ3v) is 5.33. The second kappa shape index (κ2) is 6.97. The second-order valence-corrected chi connectivity index (χ2v) is 7.39. The van der Waals surface area contributed by atoms with Crippen LogP contribution in [0.25, 0.3) is 0 Å². The standard InChI is InChI=1S/C18H24BrN5/c1-20-17(23(2)11-14-10-22-24(3)12-14)21-13-18(8-9-18)15-6-4-5-7-16(15)19/h4-7,10,12H,8-9,11,13H2,1-3H3,(H,20,21). The summed E-state index contributed by atoms with van der Waals surface area (Å²) in [6.07, 6.45) is 6.36. The summed E-state index contributed by atoms with van der Waals surface area (Å²) in [4.78, 5) is 6.56. The van der Waals surface area contributed by atoms with E-state index in [1.165, 1.54) is 28.4 Å². The van der Waals surface area contributed by atoms with Crippen LogP contribution in [0.1, 0.15) is 24.0 Å². The lowest BCUT2D eigenvalue weighted by Gasteiger charge is -2.25. The van der Waals surface area contributed by atoms with Crippen molar-refractivity contribution < 1.29 is 0 Å². The fraction of sp³-hybridized carbons (Fsp3) is 0.444. The molecule has 24 heavy (non-hydrogen) atoms. The number of aromatic nitrogens is 2. The van der Waals surface area contributed by atoms with Crippen molar-refractivity contribution in [3.63, 3.8) is 0 Å². The summed E-state index contributed by atoms with van der Waals surface area (Å²) in [6.45, 7) is 1.69. The average Bonchev–Trinajstić information content (AvgIpc) is 3.24. The van der Waals surface area contributed by atoms with Crippen LogP contribution in [0.5, 0.6) is 0 Å². The van der Waals surface area contributed by atoms with E-state index in [1.807, 2.05) is 31.2 Å². The molecule has 5 nitrogen and oxygen atoms in total. The molecule has 1 saturated carbocycles. The third-order valence-electron chi connectivity index (χ3n) is 4.64. The highest BCUT2D eigenvalue weighted by atomic mass is 79.9. The Bertz CT molecular complexity index is 733. The van der Waals surface area contributed by atoms with Crippen LogP contribution in [0.2, 0.25) is 0 Å². The van der Waals surface area contributed by atoms with Gasteiger partial charge in [0.05, 0.1) is 6.20 Å². The van der Waals surface area contributed by atoms with E-state index in [4.69, 9.17) is 0 Å². The van der Waals surface area contributed by atoms with Crippen molar-refractivity contribution >= 4 is 21.9 Å². The average molecular weight is 390 g/mol. The van der Waals surface area contributed by atoms with E-state index in [9.17, 15) is 0 Å². The molecule has 1 aromatic carbocycles. The number of nitrogens with one attached hydrogen (secondary N) is 1. The number of guanidine groups is 1.